The number of hydrogen-bond acceptors (Lipinski definition) is 3. The highest BCUT2D eigenvalue weighted by atomic mass is 19.1. The third kappa shape index (κ3) is 4.48. The van der Waals surface area contributed by atoms with Crippen molar-refractivity contribution in [3.63, 3.8) is 0 Å². The average molecular weight is 413 g/mol. The third-order valence-electron chi connectivity index (χ3n) is 5.62. The van der Waals surface area contributed by atoms with Gasteiger partial charge in [-0.1, -0.05) is 18.2 Å². The van der Waals surface area contributed by atoms with Crippen LogP contribution < -0.4 is 4.74 Å². The maximum atomic E-state index is 14.4. The first-order valence-corrected chi connectivity index (χ1v) is 10.3. The molecule has 0 N–H and O–H groups in total. The summed E-state index contributed by atoms with van der Waals surface area (Å²) in [4.78, 5) is 8.61. The van der Waals surface area contributed by atoms with Crippen LogP contribution in [0.2, 0.25) is 0 Å². The molecule has 2 aromatic heterocycles. The maximum Gasteiger partial charge on any atom is 0.124 e. The zero-order valence-electron chi connectivity index (χ0n) is 18.0. The van der Waals surface area contributed by atoms with Gasteiger partial charge in [0.25, 0.3) is 0 Å². The van der Waals surface area contributed by atoms with E-state index in [0.717, 1.165) is 51.1 Å². The molecule has 0 aliphatic rings. The van der Waals surface area contributed by atoms with Crippen LogP contribution in [0.25, 0.3) is 11.1 Å². The molecule has 0 aliphatic heterocycles. The van der Waals surface area contributed by atoms with E-state index in [2.05, 4.69) is 34.2 Å². The van der Waals surface area contributed by atoms with E-state index in [1.807, 2.05) is 44.4 Å². The molecule has 0 bridgehead atoms. The van der Waals surface area contributed by atoms with Gasteiger partial charge in [-0.15, -0.1) is 0 Å². The van der Waals surface area contributed by atoms with Gasteiger partial charge < -0.3 is 4.74 Å². The number of hydrogen-bond donors (Lipinski definition) is 0. The van der Waals surface area contributed by atoms with E-state index < -0.39 is 0 Å². The lowest BCUT2D eigenvalue weighted by atomic mass is 9.82. The van der Waals surface area contributed by atoms with Crippen molar-refractivity contribution < 1.29 is 9.13 Å². The summed E-state index contributed by atoms with van der Waals surface area (Å²) in [6, 6.07) is 17.2. The molecule has 1 unspecified atom stereocenters. The maximum absolute atomic E-state index is 14.4. The third-order valence-corrected chi connectivity index (χ3v) is 5.62. The molecule has 4 aromatic rings. The Labute approximate surface area is 182 Å². The Morgan fingerprint density at radius 3 is 2.23 bits per heavy atom. The fraction of sp³-hybridized carbons (Fsp3) is 0.185. The fourth-order valence-electron chi connectivity index (χ4n) is 4.25. The molecule has 0 spiro atoms. The molecule has 4 heteroatoms. The van der Waals surface area contributed by atoms with E-state index in [4.69, 9.17) is 4.74 Å². The zero-order valence-corrected chi connectivity index (χ0v) is 18.0. The summed E-state index contributed by atoms with van der Waals surface area (Å²) in [5.41, 5.74) is 7.17. The standard InChI is InChI=1S/C27H25FN2O/c1-18-12-22(13-19(2)27(18)31-3)26-15-23(28)8-9-24(26)25(21-7-5-11-30-17-21)14-20-6-4-10-29-16-20/h4-13,15-17,25H,14H2,1-3H3. The fourth-order valence-corrected chi connectivity index (χ4v) is 4.25. The average Bonchev–Trinajstić information content (AvgIpc) is 2.79. The van der Waals surface area contributed by atoms with Crippen LogP contribution in [0.1, 0.15) is 33.7 Å². The Balaban J connectivity index is 1.89. The number of benzene rings is 2. The molecule has 0 saturated carbocycles. The Bertz CT molecular complexity index is 1150. The lowest BCUT2D eigenvalue weighted by molar-refractivity contribution is 0.408. The van der Waals surface area contributed by atoms with Crippen LogP contribution in [0, 0.1) is 19.7 Å². The van der Waals surface area contributed by atoms with Crippen molar-refractivity contribution in [3.05, 3.63) is 113 Å². The highest BCUT2D eigenvalue weighted by molar-refractivity contribution is 5.72. The smallest absolute Gasteiger partial charge is 0.124 e. The number of aromatic nitrogens is 2. The predicted molar refractivity (Wildman–Crippen MR) is 122 cm³/mol. The van der Waals surface area contributed by atoms with Gasteiger partial charge in [-0.3, -0.25) is 9.97 Å². The summed E-state index contributed by atoms with van der Waals surface area (Å²) >= 11 is 0. The number of aryl methyl sites for hydroxylation is 2. The van der Waals surface area contributed by atoms with Crippen molar-refractivity contribution in [1.29, 1.82) is 0 Å². The summed E-state index contributed by atoms with van der Waals surface area (Å²) < 4.78 is 20.0. The Morgan fingerprint density at radius 1 is 0.903 bits per heavy atom. The van der Waals surface area contributed by atoms with Crippen molar-refractivity contribution in [2.24, 2.45) is 0 Å². The number of nitrogens with zero attached hydrogens (tertiary/aromatic N) is 2. The van der Waals surface area contributed by atoms with E-state index >= 15 is 0 Å². The minimum absolute atomic E-state index is 0.0104. The van der Waals surface area contributed by atoms with E-state index in [1.165, 1.54) is 6.07 Å². The topological polar surface area (TPSA) is 35.0 Å². The summed E-state index contributed by atoms with van der Waals surface area (Å²) in [5, 5.41) is 0. The summed E-state index contributed by atoms with van der Waals surface area (Å²) in [7, 11) is 1.68. The monoisotopic (exact) mass is 412 g/mol. The number of ether oxygens (including phenoxy) is 1. The molecule has 0 radical (unpaired) electrons. The van der Waals surface area contributed by atoms with Crippen molar-refractivity contribution in [2.45, 2.75) is 26.2 Å². The molecule has 0 saturated heterocycles. The van der Waals surface area contributed by atoms with Crippen molar-refractivity contribution in [1.82, 2.24) is 9.97 Å². The van der Waals surface area contributed by atoms with Crippen LogP contribution in [-0.4, -0.2) is 17.1 Å². The molecule has 1 atom stereocenters. The quantitative estimate of drug-likeness (QED) is 0.374. The SMILES string of the molecule is COc1c(C)cc(-c2cc(F)ccc2C(Cc2cccnc2)c2cccnc2)cc1C. The van der Waals surface area contributed by atoms with E-state index in [0.29, 0.717) is 0 Å². The highest BCUT2D eigenvalue weighted by Gasteiger charge is 2.21. The lowest BCUT2D eigenvalue weighted by Crippen LogP contribution is -2.08. The highest BCUT2D eigenvalue weighted by Crippen LogP contribution is 2.38. The van der Waals surface area contributed by atoms with Gasteiger partial charge in [0.2, 0.25) is 0 Å². The molecular weight excluding hydrogens is 387 g/mol. The first-order chi connectivity index (χ1) is 15.1. The van der Waals surface area contributed by atoms with Crippen molar-refractivity contribution in [3.8, 4) is 16.9 Å². The first kappa shape index (κ1) is 20.7. The molecule has 2 heterocycles. The van der Waals surface area contributed by atoms with Crippen molar-refractivity contribution in [2.75, 3.05) is 7.11 Å². The van der Waals surface area contributed by atoms with Crippen LogP contribution >= 0.6 is 0 Å². The largest absolute Gasteiger partial charge is 0.496 e. The van der Waals surface area contributed by atoms with Gasteiger partial charge in [-0.25, -0.2) is 4.39 Å². The molecule has 3 nitrogen and oxygen atoms in total. The van der Waals surface area contributed by atoms with Crippen LogP contribution in [0.4, 0.5) is 4.39 Å². The van der Waals surface area contributed by atoms with Crippen molar-refractivity contribution >= 4 is 0 Å². The Hall–Kier alpha value is -3.53. The minimum atomic E-state index is -0.254. The number of rotatable bonds is 6. The van der Waals surface area contributed by atoms with E-state index in [1.54, 1.807) is 25.6 Å². The van der Waals surface area contributed by atoms with Gasteiger partial charge >= 0.3 is 0 Å². The molecule has 2 aromatic carbocycles. The van der Waals surface area contributed by atoms with Crippen LogP contribution in [0.3, 0.4) is 0 Å². The second-order valence-corrected chi connectivity index (χ2v) is 7.78. The second kappa shape index (κ2) is 9.09. The summed E-state index contributed by atoms with van der Waals surface area (Å²) in [5.74, 6) is 0.619. The molecule has 31 heavy (non-hydrogen) atoms. The Morgan fingerprint density at radius 2 is 1.61 bits per heavy atom. The van der Waals surface area contributed by atoms with Gasteiger partial charge in [0.05, 0.1) is 7.11 Å². The normalized spacial score (nSPS) is 11.9. The van der Waals surface area contributed by atoms with Gasteiger partial charge in [-0.2, -0.15) is 0 Å². The van der Waals surface area contributed by atoms with Crippen LogP contribution in [0.5, 0.6) is 5.75 Å². The predicted octanol–water partition coefficient (Wildman–Crippen LogP) is 6.28. The molecule has 0 amide bonds. The second-order valence-electron chi connectivity index (χ2n) is 7.78. The molecule has 4 rings (SSSR count). The lowest BCUT2D eigenvalue weighted by Gasteiger charge is -2.22. The zero-order chi connectivity index (χ0) is 21.8. The first-order valence-electron chi connectivity index (χ1n) is 10.3. The number of methoxy groups -OCH3 is 1. The molecular formula is C27H25FN2O. The van der Waals surface area contributed by atoms with Gasteiger partial charge in [0.15, 0.2) is 0 Å². The number of halogens is 1. The van der Waals surface area contributed by atoms with Crippen LogP contribution in [-0.2, 0) is 6.42 Å². The van der Waals surface area contributed by atoms with E-state index in [9.17, 15) is 4.39 Å². The molecule has 0 aliphatic carbocycles. The molecule has 0 fully saturated rings. The summed E-state index contributed by atoms with van der Waals surface area (Å²) in [6.07, 6.45) is 8.06. The van der Waals surface area contributed by atoms with Gasteiger partial charge in [0, 0.05) is 30.7 Å². The number of pyridine rings is 2. The van der Waals surface area contributed by atoms with Gasteiger partial charge in [0.1, 0.15) is 11.6 Å². The Kier molecular flexibility index (Phi) is 6.08. The van der Waals surface area contributed by atoms with E-state index in [-0.39, 0.29) is 11.7 Å². The van der Waals surface area contributed by atoms with Crippen LogP contribution in [0.15, 0.2) is 79.4 Å². The summed E-state index contributed by atoms with van der Waals surface area (Å²) in [6.45, 7) is 4.03. The van der Waals surface area contributed by atoms with Gasteiger partial charge in [-0.05, 0) is 95.6 Å². The molecule has 156 valence electrons. The minimum Gasteiger partial charge on any atom is -0.496 e.